The number of benzene rings is 14. The minimum atomic E-state index is -6.65. The van der Waals surface area contributed by atoms with Crippen molar-refractivity contribution < 1.29 is 87.9 Å². The molecule has 17 rings (SSSR count). The number of nitrogens with zero attached hydrogens (tertiary/aromatic N) is 4. The molecule has 0 aliphatic heterocycles. The van der Waals surface area contributed by atoms with Gasteiger partial charge in [0.2, 0.25) is 0 Å². The quantitative estimate of drug-likeness (QED) is 0.0418. The van der Waals surface area contributed by atoms with E-state index in [1.54, 1.807) is 53.1 Å². The molecule has 107 heavy (non-hydrogen) atoms. The molecule has 8 heteroatoms. The second-order valence-corrected chi connectivity index (χ2v) is 33.8. The van der Waals surface area contributed by atoms with E-state index in [1.165, 1.54) is 69.8 Å². The van der Waals surface area contributed by atoms with Crippen LogP contribution in [0, 0.1) is 25.3 Å². The molecule has 0 N–H and O–H groups in total. The van der Waals surface area contributed by atoms with Gasteiger partial charge in [0, 0.05) is 54.0 Å². The van der Waals surface area contributed by atoms with Gasteiger partial charge >= 0.3 is 0 Å². The summed E-state index contributed by atoms with van der Waals surface area (Å²) in [5.41, 5.74) is -2.58. The first-order valence-electron chi connectivity index (χ1n) is 54.2. The van der Waals surface area contributed by atoms with Crippen LogP contribution < -0.4 is 50.8 Å². The van der Waals surface area contributed by atoms with Gasteiger partial charge in [0.25, 0.3) is 6.33 Å². The predicted molar refractivity (Wildman–Crippen MR) is 446 cm³/mol. The van der Waals surface area contributed by atoms with Crippen molar-refractivity contribution in [3.8, 4) is 62.1 Å². The summed E-state index contributed by atoms with van der Waals surface area (Å²) >= 11 is 0. The second kappa shape index (κ2) is 28.7. The zero-order chi connectivity index (χ0) is 109. The Balaban J connectivity index is 0.0000158. The molecule has 5 nitrogen and oxygen atoms in total. The van der Waals surface area contributed by atoms with Gasteiger partial charge in [-0.2, -0.15) is 18.2 Å². The Bertz CT molecular complexity index is 8160. The number of imidazole rings is 1. The molecule has 522 valence electrons. The van der Waals surface area contributed by atoms with Gasteiger partial charge in [0.05, 0.1) is 70.2 Å². The standard InChI is InChI=1S/C99H80N4OSi2.Pt/c1-70-60-96(100-68-91(70)71-34-15-8-16-35-71)103-92-55-30-29-52-89(92)90-58-56-78(66-94(90)103)104-77-38-32-37-76(65-77)101-69-102(93-59-57-86(67-95(93)101)106(82-45-23-12-24-46-82,83-47-25-13-26-48-83)84-49-27-14-28-50-84)97-87(53-33-54-88(97)73-61-74(98(2,3)4)64-75(62-73)99(5,6)7)72-36-31-51-85(63-72)105(79-39-17-9-18-40-79,80-41-19-10-20-42-80)81-43-21-11-22-44-81;/h8-64,67-68H,1-7H3;/q-2;/i1D3,8D,9D,10D,11D,12D,13D,14D,15D,16D,17D,18D,19D,20D,21D,22D,23D,24D,25D,26D,27D,28D,31D,34D,35D,36D,39D,40D,41D,42D,43D,44D,45D,46D,47D,48D,49D,50D,51D,63D;. The number of pyridine rings is 1. The van der Waals surface area contributed by atoms with Crippen LogP contribution in [0.2, 0.25) is 0 Å². The smallest absolute Gasteiger partial charge is 0.268 e. The molecule has 0 bridgehead atoms. The minimum Gasteiger partial charge on any atom is -0.510 e. The molecule has 0 amide bonds. The molecule has 3 aromatic heterocycles. The molecule has 0 unspecified atom stereocenters. The van der Waals surface area contributed by atoms with Crippen LogP contribution in [-0.4, -0.2) is 30.3 Å². The van der Waals surface area contributed by atoms with E-state index in [0.29, 0.717) is 33.0 Å². The van der Waals surface area contributed by atoms with Gasteiger partial charge in [-0.25, -0.2) is 4.98 Å². The van der Waals surface area contributed by atoms with Crippen LogP contribution >= 0.6 is 0 Å². The monoisotopic (exact) mass is 1630 g/mol. The topological polar surface area (TPSA) is 35.9 Å². The summed E-state index contributed by atoms with van der Waals surface area (Å²) in [5.74, 6) is -0.369. The Hall–Kier alpha value is -11.6. The van der Waals surface area contributed by atoms with Crippen LogP contribution in [0.5, 0.6) is 11.5 Å². The number of hydrogen-bond acceptors (Lipinski definition) is 2. The van der Waals surface area contributed by atoms with E-state index in [2.05, 4.69) is 18.5 Å². The summed E-state index contributed by atoms with van der Waals surface area (Å²) < 4.78 is 412. The van der Waals surface area contributed by atoms with Gasteiger partial charge < -0.3 is 13.9 Å². The number of hydrogen-bond donors (Lipinski definition) is 0. The Morgan fingerprint density at radius 2 is 0.916 bits per heavy atom. The molecule has 3 heterocycles. The average molecular weight is 1640 g/mol. The summed E-state index contributed by atoms with van der Waals surface area (Å²) in [6, 6.07) is -7.94. The number of ether oxygens (including phenoxy) is 1. The van der Waals surface area contributed by atoms with Crippen molar-refractivity contribution in [3.05, 3.63) is 392 Å². The summed E-state index contributed by atoms with van der Waals surface area (Å²) in [6.45, 7) is 8.48. The maximum Gasteiger partial charge on any atom is 0.268 e. The van der Waals surface area contributed by atoms with Gasteiger partial charge in [-0.05, 0) is 127 Å². The number of aromatic nitrogens is 4. The third-order valence-electron chi connectivity index (χ3n) is 18.5. The van der Waals surface area contributed by atoms with Gasteiger partial charge in [-0.3, -0.25) is 4.57 Å². The summed E-state index contributed by atoms with van der Waals surface area (Å²) in [7, 11) is -12.8. The van der Waals surface area contributed by atoms with Gasteiger partial charge in [0.15, 0.2) is 16.1 Å². The van der Waals surface area contributed by atoms with Crippen molar-refractivity contribution in [2.75, 3.05) is 0 Å². The average Bonchev–Trinajstić information content (AvgIpc) is 1.26. The van der Waals surface area contributed by atoms with Crippen LogP contribution in [0.25, 0.3) is 83.4 Å². The van der Waals surface area contributed by atoms with Crippen molar-refractivity contribution in [2.24, 2.45) is 0 Å². The van der Waals surface area contributed by atoms with Crippen LogP contribution in [0.4, 0.5) is 0 Å². The number of para-hydroxylation sites is 2. The van der Waals surface area contributed by atoms with E-state index in [9.17, 15) is 38.4 Å². The summed E-state index contributed by atoms with van der Waals surface area (Å²) in [4.78, 5) is 4.71. The molecule has 0 saturated carbocycles. The van der Waals surface area contributed by atoms with Crippen LogP contribution in [0.3, 0.4) is 0 Å². The molecule has 0 spiro atoms. The van der Waals surface area contributed by atoms with E-state index in [4.69, 9.17) is 28.9 Å². The largest absolute Gasteiger partial charge is 0.510 e. The second-order valence-electron chi connectivity index (χ2n) is 26.8. The molecule has 0 aliphatic rings. The third-order valence-corrected chi connectivity index (χ3v) is 26.7. The molecule has 0 atom stereocenters. The molecule has 0 saturated heterocycles. The Kier molecular flexibility index (Phi) is 9.83. The van der Waals surface area contributed by atoms with Crippen molar-refractivity contribution in [2.45, 2.75) is 59.2 Å². The van der Waals surface area contributed by atoms with E-state index in [1.807, 2.05) is 47.6 Å². The molecule has 0 aliphatic carbocycles. The predicted octanol–water partition coefficient (Wildman–Crippen LogP) is 18.2. The van der Waals surface area contributed by atoms with E-state index >= 15 is 0 Å². The van der Waals surface area contributed by atoms with Crippen LogP contribution in [-0.2, 0) is 31.9 Å². The first-order valence-corrected chi connectivity index (χ1v) is 37.2. The maximum absolute atomic E-state index is 11.4. The molecule has 17 aromatic rings. The molecule has 14 aromatic carbocycles. The van der Waals surface area contributed by atoms with Crippen LogP contribution in [0.1, 0.15) is 116 Å². The van der Waals surface area contributed by atoms with Gasteiger partial charge in [-0.1, -0.05) is 356 Å². The number of fused-ring (bicyclic) bond motifs is 4. The molecule has 0 radical (unpaired) electrons. The van der Waals surface area contributed by atoms with Crippen LogP contribution in [0.15, 0.2) is 357 Å². The summed E-state index contributed by atoms with van der Waals surface area (Å²) in [6.07, 6.45) is 4.50. The maximum atomic E-state index is 11.4. The molecular formula is C99H80N4OPtSi2-2. The Labute approximate surface area is 703 Å². The normalized spacial score (nSPS) is 17.6. The Morgan fingerprint density at radius 1 is 0.421 bits per heavy atom. The van der Waals surface area contributed by atoms with Crippen molar-refractivity contribution in [1.29, 1.82) is 0 Å². The molecular weight excluding hydrogens is 1510 g/mol. The Morgan fingerprint density at radius 3 is 1.47 bits per heavy atom. The van der Waals surface area contributed by atoms with Crippen molar-refractivity contribution in [1.82, 2.24) is 14.1 Å². The van der Waals surface area contributed by atoms with Gasteiger partial charge in [0.1, 0.15) is 5.82 Å². The van der Waals surface area contributed by atoms with E-state index in [-0.39, 0.29) is 77.4 Å². The number of rotatable bonds is 16. The third kappa shape index (κ3) is 12.7. The van der Waals surface area contributed by atoms with E-state index < -0.39 is 333 Å². The first kappa shape index (κ1) is 36.6. The van der Waals surface area contributed by atoms with Gasteiger partial charge in [-0.15, -0.1) is 29.7 Å². The first-order chi connectivity index (χ1) is 69.1. The zero-order valence-corrected chi connectivity index (χ0v) is 61.8. The number of aryl methyl sites for hydroxylation is 1. The van der Waals surface area contributed by atoms with E-state index in [0.717, 1.165) is 6.20 Å². The molecule has 0 fully saturated rings. The van der Waals surface area contributed by atoms with Crippen molar-refractivity contribution in [3.63, 3.8) is 0 Å². The zero-order valence-electron chi connectivity index (χ0n) is 99.6. The minimum absolute atomic E-state index is 0. The van der Waals surface area contributed by atoms with Crippen molar-refractivity contribution >= 4 is 90.5 Å². The SMILES string of the molecule is [2H]c1c([2H])c([2H])c(-c2cnc(-n3c4[c-]c(Oc5[c-]c(-n6[c-][n+](-c7c(-c8cc(C(C)(C)C)cc(C(C)(C)C)c8)cccc7-c7c([2H])c([2H])c([2H])c([Si](c8c([2H])c([2H])c([2H])c([2H])c8[2H])(c8c([2H])c([2H])c([2H])c([2H])c8[2H])c8c([2H])c([2H])c([2H])c([2H])c8[2H])c7[2H])c7ccc([Si](c8c([2H])c([2H])c([2H])c([2H])c8[2H])(c8c([2H])c([2H])c([2H])c([2H])c8[2H])c8c([2H])c([2H])c([2H])c([2H])c8[2H])cc76)ccc5)ccc4c4ccccc43)cc2C([2H])([2H])[2H])c([2H])c1[2H].[Pt]. The fourth-order valence-corrected chi connectivity index (χ4v) is 20.8. The fourth-order valence-electron chi connectivity index (χ4n) is 13.5. The summed E-state index contributed by atoms with van der Waals surface area (Å²) in [5, 5.41) is -6.80. The fraction of sp³-hybridized carbons (Fsp3) is 0.0909.